The van der Waals surface area contributed by atoms with Gasteiger partial charge in [0.15, 0.2) is 6.39 Å². The molecule has 1 saturated heterocycles. The fourth-order valence-electron chi connectivity index (χ4n) is 2.53. The van der Waals surface area contributed by atoms with Gasteiger partial charge in [-0.1, -0.05) is 13.3 Å². The monoisotopic (exact) mass is 251 g/mol. The minimum absolute atomic E-state index is 0.661. The quantitative estimate of drug-likeness (QED) is 0.807. The average Bonchev–Trinajstić information content (AvgIpc) is 2.99. The molecule has 1 unspecified atom stereocenters. The van der Waals surface area contributed by atoms with Crippen LogP contribution >= 0.6 is 0 Å². The highest BCUT2D eigenvalue weighted by Gasteiger charge is 2.19. The summed E-state index contributed by atoms with van der Waals surface area (Å²) >= 11 is 0. The van der Waals surface area contributed by atoms with Crippen molar-refractivity contribution in [2.45, 2.75) is 52.1 Å². The summed E-state index contributed by atoms with van der Waals surface area (Å²) in [7, 11) is 0. The van der Waals surface area contributed by atoms with Gasteiger partial charge in [-0.25, -0.2) is 4.98 Å². The second-order valence-corrected chi connectivity index (χ2v) is 5.24. The Hall–Kier alpha value is -0.870. The van der Waals surface area contributed by atoms with E-state index in [4.69, 9.17) is 4.42 Å². The van der Waals surface area contributed by atoms with E-state index >= 15 is 0 Å². The third-order valence-corrected chi connectivity index (χ3v) is 3.69. The topological polar surface area (TPSA) is 41.3 Å². The number of rotatable bonds is 7. The normalized spacial score (nSPS) is 19.8. The van der Waals surface area contributed by atoms with E-state index in [0.717, 1.165) is 31.1 Å². The summed E-state index contributed by atoms with van der Waals surface area (Å²) in [5.74, 6) is 0.955. The minimum Gasteiger partial charge on any atom is -0.448 e. The molecule has 18 heavy (non-hydrogen) atoms. The molecule has 0 spiro atoms. The Morgan fingerprint density at radius 3 is 3.06 bits per heavy atom. The molecule has 2 heterocycles. The number of hydrogen-bond donors (Lipinski definition) is 1. The fraction of sp³-hybridized carbons (Fsp3) is 0.786. The van der Waals surface area contributed by atoms with Crippen molar-refractivity contribution in [2.75, 3.05) is 19.6 Å². The van der Waals surface area contributed by atoms with E-state index in [2.05, 4.69) is 22.1 Å². The largest absolute Gasteiger partial charge is 0.448 e. The average molecular weight is 251 g/mol. The number of hydrogen-bond acceptors (Lipinski definition) is 4. The van der Waals surface area contributed by atoms with Crippen molar-refractivity contribution in [1.29, 1.82) is 0 Å². The van der Waals surface area contributed by atoms with E-state index in [1.165, 1.54) is 32.2 Å². The molecule has 0 radical (unpaired) electrons. The van der Waals surface area contributed by atoms with Crippen molar-refractivity contribution in [3.63, 3.8) is 0 Å². The van der Waals surface area contributed by atoms with E-state index in [0.29, 0.717) is 6.04 Å². The first-order chi connectivity index (χ1) is 8.79. The van der Waals surface area contributed by atoms with Crippen molar-refractivity contribution < 1.29 is 4.42 Å². The first-order valence-corrected chi connectivity index (χ1v) is 7.14. The second kappa shape index (κ2) is 6.90. The zero-order valence-corrected chi connectivity index (χ0v) is 11.6. The van der Waals surface area contributed by atoms with Crippen LogP contribution in [0.25, 0.3) is 0 Å². The zero-order chi connectivity index (χ0) is 12.8. The van der Waals surface area contributed by atoms with Crippen LogP contribution in [0.2, 0.25) is 0 Å². The van der Waals surface area contributed by atoms with Gasteiger partial charge in [-0.15, -0.1) is 0 Å². The molecule has 2 rings (SSSR count). The molecule has 102 valence electrons. The molecule has 1 aromatic rings. The highest BCUT2D eigenvalue weighted by atomic mass is 16.3. The van der Waals surface area contributed by atoms with Crippen molar-refractivity contribution in [2.24, 2.45) is 0 Å². The lowest BCUT2D eigenvalue weighted by molar-refractivity contribution is 0.234. The third kappa shape index (κ3) is 3.82. The number of unbranched alkanes of at least 4 members (excludes halogenated alkanes) is 1. The maximum atomic E-state index is 5.29. The molecule has 1 aromatic heterocycles. The smallest absolute Gasteiger partial charge is 0.181 e. The first kappa shape index (κ1) is 13.6. The van der Waals surface area contributed by atoms with Gasteiger partial charge >= 0.3 is 0 Å². The first-order valence-electron chi connectivity index (χ1n) is 7.14. The van der Waals surface area contributed by atoms with Gasteiger partial charge in [0.1, 0.15) is 5.76 Å². The van der Waals surface area contributed by atoms with E-state index in [1.54, 1.807) is 6.39 Å². The van der Waals surface area contributed by atoms with Crippen LogP contribution in [-0.4, -0.2) is 35.6 Å². The van der Waals surface area contributed by atoms with Gasteiger partial charge in [-0.05, 0) is 39.3 Å². The highest BCUT2D eigenvalue weighted by molar-refractivity contribution is 5.04. The van der Waals surface area contributed by atoms with Crippen LogP contribution in [0.3, 0.4) is 0 Å². The summed E-state index contributed by atoms with van der Waals surface area (Å²) in [5, 5.41) is 3.57. The van der Waals surface area contributed by atoms with Crippen LogP contribution < -0.4 is 5.32 Å². The number of nitrogens with zero attached hydrogens (tertiary/aromatic N) is 2. The van der Waals surface area contributed by atoms with Crippen LogP contribution in [0.5, 0.6) is 0 Å². The summed E-state index contributed by atoms with van der Waals surface area (Å²) in [6.45, 7) is 8.62. The van der Waals surface area contributed by atoms with Crippen LogP contribution in [0.4, 0.5) is 0 Å². The minimum atomic E-state index is 0.661. The number of nitrogens with one attached hydrogen (secondary N) is 1. The Kier molecular flexibility index (Phi) is 5.20. The van der Waals surface area contributed by atoms with Crippen LogP contribution in [0.15, 0.2) is 10.8 Å². The molecule has 0 amide bonds. The summed E-state index contributed by atoms with van der Waals surface area (Å²) in [4.78, 5) is 6.82. The van der Waals surface area contributed by atoms with Crippen LogP contribution in [0, 0.1) is 6.92 Å². The Morgan fingerprint density at radius 1 is 1.56 bits per heavy atom. The lowest BCUT2D eigenvalue weighted by Gasteiger charge is -2.24. The fourth-order valence-corrected chi connectivity index (χ4v) is 2.53. The van der Waals surface area contributed by atoms with Crippen molar-refractivity contribution >= 4 is 0 Å². The molecule has 0 aliphatic carbocycles. The molecule has 1 fully saturated rings. The van der Waals surface area contributed by atoms with Gasteiger partial charge in [0, 0.05) is 19.1 Å². The molecular formula is C14H25N3O. The van der Waals surface area contributed by atoms with Gasteiger partial charge in [0.05, 0.1) is 5.69 Å². The molecule has 1 aliphatic heterocycles. The molecule has 0 aromatic carbocycles. The van der Waals surface area contributed by atoms with Crippen molar-refractivity contribution in [3.05, 3.63) is 17.8 Å². The summed E-state index contributed by atoms with van der Waals surface area (Å²) in [6, 6.07) is 0.661. The SMILES string of the molecule is CCCCN(Cc1ncoc1C)CC1CCCN1. The zero-order valence-electron chi connectivity index (χ0n) is 11.6. The van der Waals surface area contributed by atoms with Gasteiger partial charge in [0.2, 0.25) is 0 Å². The van der Waals surface area contributed by atoms with Crippen molar-refractivity contribution in [3.8, 4) is 0 Å². The highest BCUT2D eigenvalue weighted by Crippen LogP contribution is 2.13. The van der Waals surface area contributed by atoms with E-state index in [9.17, 15) is 0 Å². The second-order valence-electron chi connectivity index (χ2n) is 5.24. The van der Waals surface area contributed by atoms with Gasteiger partial charge in [-0.2, -0.15) is 0 Å². The molecule has 4 heteroatoms. The van der Waals surface area contributed by atoms with Crippen LogP contribution in [-0.2, 0) is 6.54 Å². The number of aryl methyl sites for hydroxylation is 1. The molecule has 0 saturated carbocycles. The maximum absolute atomic E-state index is 5.29. The predicted molar refractivity (Wildman–Crippen MR) is 72.4 cm³/mol. The maximum Gasteiger partial charge on any atom is 0.181 e. The van der Waals surface area contributed by atoms with Crippen molar-refractivity contribution in [1.82, 2.24) is 15.2 Å². The molecule has 4 nitrogen and oxygen atoms in total. The van der Waals surface area contributed by atoms with Gasteiger partial charge < -0.3 is 9.73 Å². The van der Waals surface area contributed by atoms with Gasteiger partial charge in [0.25, 0.3) is 0 Å². The Balaban J connectivity index is 1.89. The molecular weight excluding hydrogens is 226 g/mol. The lowest BCUT2D eigenvalue weighted by atomic mass is 10.2. The third-order valence-electron chi connectivity index (χ3n) is 3.69. The van der Waals surface area contributed by atoms with Gasteiger partial charge in [-0.3, -0.25) is 4.90 Å². The number of oxazole rings is 1. The molecule has 1 N–H and O–H groups in total. The Bertz CT molecular complexity index is 345. The lowest BCUT2D eigenvalue weighted by Crippen LogP contribution is -2.37. The predicted octanol–water partition coefficient (Wildman–Crippen LogP) is 2.34. The standard InChI is InChI=1S/C14H25N3O/c1-3-4-8-17(9-13-6-5-7-15-13)10-14-12(2)18-11-16-14/h11,13,15H,3-10H2,1-2H3. The molecule has 0 bridgehead atoms. The van der Waals surface area contributed by atoms with E-state index in [1.807, 2.05) is 6.92 Å². The Morgan fingerprint density at radius 2 is 2.44 bits per heavy atom. The van der Waals surface area contributed by atoms with E-state index in [-0.39, 0.29) is 0 Å². The van der Waals surface area contributed by atoms with E-state index < -0.39 is 0 Å². The summed E-state index contributed by atoms with van der Waals surface area (Å²) in [5.41, 5.74) is 1.09. The van der Waals surface area contributed by atoms with Crippen LogP contribution in [0.1, 0.15) is 44.1 Å². The Labute approximate surface area is 110 Å². The molecule has 1 atom stereocenters. The summed E-state index contributed by atoms with van der Waals surface area (Å²) < 4.78 is 5.29. The summed E-state index contributed by atoms with van der Waals surface area (Å²) in [6.07, 6.45) is 6.67. The molecule has 1 aliphatic rings. The number of aromatic nitrogens is 1.